The van der Waals surface area contributed by atoms with E-state index in [0.29, 0.717) is 0 Å². The van der Waals surface area contributed by atoms with E-state index in [1.165, 1.54) is 5.32 Å². The zero-order valence-corrected chi connectivity index (χ0v) is 6.15. The van der Waals surface area contributed by atoms with Crippen LogP contribution < -0.4 is 5.32 Å². The van der Waals surface area contributed by atoms with Crippen molar-refractivity contribution in [3.63, 3.8) is 0 Å². The van der Waals surface area contributed by atoms with Gasteiger partial charge in [0.15, 0.2) is 0 Å². The molecule has 1 N–H and O–H groups in total. The predicted molar refractivity (Wildman–Crippen MR) is 32.9 cm³/mol. The molecule has 0 bridgehead atoms. The van der Waals surface area contributed by atoms with E-state index < -0.39 is 23.6 Å². The molecule has 0 aromatic heterocycles. The molecule has 5 nitrogen and oxygen atoms in total. The molecule has 0 saturated heterocycles. The Bertz CT molecular complexity index is 203. The Morgan fingerprint density at radius 3 is 2.45 bits per heavy atom. The second kappa shape index (κ2) is 4.72. The lowest BCUT2D eigenvalue weighted by Gasteiger charge is -1.95. The number of nitrogens with zero attached hydrogens (tertiary/aromatic N) is 1. The molecule has 0 aliphatic carbocycles. The van der Waals surface area contributed by atoms with E-state index in [2.05, 4.69) is 9.10 Å². The molecule has 0 radical (unpaired) electrons. The molecule has 11 heavy (non-hydrogen) atoms. The molecule has 0 atom stereocenters. The maximum atomic E-state index is 11.3. The van der Waals surface area contributed by atoms with Gasteiger partial charge in [-0.05, 0) is 0 Å². The van der Waals surface area contributed by atoms with Crippen LogP contribution in [0.2, 0.25) is 0 Å². The summed E-state index contributed by atoms with van der Waals surface area (Å²) < 4.78 is 28.7. The highest BCUT2D eigenvalue weighted by Gasteiger charge is 2.06. The second-order valence-electron chi connectivity index (χ2n) is 1.21. The van der Waals surface area contributed by atoms with Crippen molar-refractivity contribution in [3.8, 4) is 0 Å². The largest absolute Gasteiger partial charge is 0.453 e. The number of rotatable bonds is 0. The number of carbonyl (C=O) groups is 2. The number of ether oxygens (including phenoxy) is 1. The van der Waals surface area contributed by atoms with Gasteiger partial charge in [-0.15, -0.1) is 12.1 Å². The van der Waals surface area contributed by atoms with E-state index in [9.17, 15) is 17.4 Å². The molecule has 0 spiro atoms. The Morgan fingerprint density at radius 2 is 2.09 bits per heavy atom. The van der Waals surface area contributed by atoms with Crippen LogP contribution in [0.3, 0.4) is 0 Å². The Balaban J connectivity index is 3.89. The first-order valence-corrected chi connectivity index (χ1v) is 3.22. The minimum Gasteiger partial charge on any atom is -0.453 e. The van der Waals surface area contributed by atoms with Crippen LogP contribution in [-0.2, 0) is 16.2 Å². The molecule has 0 saturated carbocycles. The summed E-state index contributed by atoms with van der Waals surface area (Å²) in [5, 5.41) is 1.42. The molecule has 0 fully saturated rings. The Kier molecular flexibility index (Phi) is 4.27. The summed E-state index contributed by atoms with van der Waals surface area (Å²) in [6.07, 6.45) is -1.12. The summed E-state index contributed by atoms with van der Waals surface area (Å²) in [7, 11) is 0.993. The average Bonchev–Trinajstić information content (AvgIpc) is 1.85. The van der Waals surface area contributed by atoms with Gasteiger partial charge in [-0.1, -0.05) is 0 Å². The quantitative estimate of drug-likeness (QED) is 0.614. The van der Waals surface area contributed by atoms with Gasteiger partial charge in [0.2, 0.25) is 0 Å². The average molecular weight is 186 g/mol. The lowest BCUT2D eigenvalue weighted by molar-refractivity contribution is 0.172. The molecule has 3 amide bonds. The van der Waals surface area contributed by atoms with E-state index in [4.69, 9.17) is 0 Å². The van der Waals surface area contributed by atoms with Crippen LogP contribution >= 0.6 is 0 Å². The number of carbonyl (C=O) groups excluding carboxylic acids is 2. The van der Waals surface area contributed by atoms with E-state index in [0.717, 1.165) is 7.11 Å². The Morgan fingerprint density at radius 1 is 1.55 bits per heavy atom. The van der Waals surface area contributed by atoms with Crippen LogP contribution in [0.25, 0.3) is 0 Å². The van der Waals surface area contributed by atoms with Crippen LogP contribution in [0.5, 0.6) is 0 Å². The van der Waals surface area contributed by atoms with Crippen molar-refractivity contribution < 1.29 is 22.1 Å². The highest BCUT2D eigenvalue weighted by molar-refractivity contribution is 7.77. The molecule has 0 aliphatic rings. The van der Waals surface area contributed by atoms with Crippen LogP contribution in [0, 0.1) is 0 Å². The summed E-state index contributed by atoms with van der Waals surface area (Å²) in [4.78, 5) is 20.3. The monoisotopic (exact) mass is 186 g/mol. The normalized spacial score (nSPS) is 9.09. The lowest BCUT2D eigenvalue weighted by Crippen LogP contribution is -2.27. The number of nitrogens with one attached hydrogen (secondary N) is 1. The van der Waals surface area contributed by atoms with Crippen molar-refractivity contribution in [2.45, 2.75) is 0 Å². The summed E-state index contributed by atoms with van der Waals surface area (Å²) in [5.41, 5.74) is 0. The number of hydrogen-bond acceptors (Lipinski definition) is 3. The molecule has 0 aromatic carbocycles. The first kappa shape index (κ1) is 9.95. The van der Waals surface area contributed by atoms with E-state index >= 15 is 0 Å². The van der Waals surface area contributed by atoms with E-state index in [1.54, 1.807) is 0 Å². The van der Waals surface area contributed by atoms with Gasteiger partial charge in [0.05, 0.1) is 7.11 Å². The summed E-state index contributed by atoms with van der Waals surface area (Å²) in [6, 6.07) is -1.41. The fourth-order valence-electron chi connectivity index (χ4n) is 0.224. The number of urea groups is 1. The molecule has 0 unspecified atom stereocenters. The smallest absolute Gasteiger partial charge is 0.415 e. The molecule has 0 aromatic rings. The topological polar surface area (TPSA) is 67.8 Å². The molecule has 8 heteroatoms. The number of amides is 3. The Hall–Kier alpha value is -1.05. The molecular formula is C3H4F2N2O3S. The van der Waals surface area contributed by atoms with Gasteiger partial charge in [0, 0.05) is 0 Å². The lowest BCUT2D eigenvalue weighted by atomic mass is 11.0. The third-order valence-electron chi connectivity index (χ3n) is 0.546. The number of alkyl carbamates (subject to hydrolysis) is 1. The minimum absolute atomic E-state index is 0.993. The molecule has 0 heterocycles. The standard InChI is InChI=1S/C3H4F2N2O3S/c1-10-3(9)6-2(8)7-11(4)5/h1H3,(H,6,8,9). The van der Waals surface area contributed by atoms with Gasteiger partial charge in [-0.3, -0.25) is 0 Å². The van der Waals surface area contributed by atoms with Crippen LogP contribution in [0.1, 0.15) is 0 Å². The summed E-state index contributed by atoms with van der Waals surface area (Å²) in [6.45, 7) is 0. The van der Waals surface area contributed by atoms with Crippen LogP contribution in [0.4, 0.5) is 17.4 Å². The van der Waals surface area contributed by atoms with Crippen molar-refractivity contribution in [1.82, 2.24) is 5.32 Å². The van der Waals surface area contributed by atoms with Gasteiger partial charge < -0.3 is 4.74 Å². The second-order valence-corrected chi connectivity index (χ2v) is 1.78. The van der Waals surface area contributed by atoms with E-state index in [-0.39, 0.29) is 0 Å². The van der Waals surface area contributed by atoms with Crippen molar-refractivity contribution >= 4 is 23.6 Å². The number of halogens is 2. The van der Waals surface area contributed by atoms with Crippen molar-refractivity contribution in [2.24, 2.45) is 4.36 Å². The first-order valence-electron chi connectivity index (χ1n) is 2.24. The molecule has 0 aliphatic heterocycles. The summed E-state index contributed by atoms with van der Waals surface area (Å²) in [5.74, 6) is 0. The molecule has 64 valence electrons. The fourth-order valence-corrected chi connectivity index (χ4v) is 0.395. The van der Waals surface area contributed by atoms with Gasteiger partial charge >= 0.3 is 12.1 Å². The SMILES string of the molecule is COC(=O)NC(=O)N=S(F)F. The molecule has 0 rings (SSSR count). The maximum absolute atomic E-state index is 11.3. The zero-order chi connectivity index (χ0) is 8.85. The minimum atomic E-state index is -3.36. The van der Waals surface area contributed by atoms with Gasteiger partial charge in [-0.2, -0.15) is 0 Å². The highest BCUT2D eigenvalue weighted by atomic mass is 32.2. The van der Waals surface area contributed by atoms with Gasteiger partial charge in [-0.25, -0.2) is 14.9 Å². The van der Waals surface area contributed by atoms with Gasteiger partial charge in [0.25, 0.3) is 11.5 Å². The number of hydrogen-bond donors (Lipinski definition) is 1. The third-order valence-corrected chi connectivity index (χ3v) is 0.850. The van der Waals surface area contributed by atoms with Crippen molar-refractivity contribution in [1.29, 1.82) is 0 Å². The maximum Gasteiger partial charge on any atom is 0.415 e. The van der Waals surface area contributed by atoms with E-state index in [1.807, 2.05) is 0 Å². The Labute approximate surface area is 63.4 Å². The van der Waals surface area contributed by atoms with Crippen LogP contribution in [0.15, 0.2) is 4.36 Å². The summed E-state index contributed by atoms with van der Waals surface area (Å²) >= 11 is -3.36. The zero-order valence-electron chi connectivity index (χ0n) is 5.34. The predicted octanol–water partition coefficient (Wildman–Crippen LogP) is 1.03. The number of imide groups is 1. The highest BCUT2D eigenvalue weighted by Crippen LogP contribution is 1.90. The van der Waals surface area contributed by atoms with Gasteiger partial charge in [0.1, 0.15) is 0 Å². The first-order chi connectivity index (χ1) is 5.06. The third kappa shape index (κ3) is 5.40. The van der Waals surface area contributed by atoms with Crippen molar-refractivity contribution in [2.75, 3.05) is 7.11 Å². The van der Waals surface area contributed by atoms with Crippen molar-refractivity contribution in [3.05, 3.63) is 0 Å². The number of methoxy groups -OCH3 is 1. The van der Waals surface area contributed by atoms with Crippen LogP contribution in [-0.4, -0.2) is 19.2 Å². The molecular weight excluding hydrogens is 182 g/mol. The fraction of sp³-hybridized carbons (Fsp3) is 0.333.